The molecule has 2 rings (SSSR count). The lowest BCUT2D eigenvalue weighted by Gasteiger charge is -2.24. The molecule has 0 radical (unpaired) electrons. The van der Waals surface area contributed by atoms with E-state index in [0.29, 0.717) is 6.67 Å². The Kier molecular flexibility index (Phi) is 3.31. The topological polar surface area (TPSA) is 67.6 Å². The average molecular weight is 235 g/mol. The number of rotatable bonds is 3. The van der Waals surface area contributed by atoms with Gasteiger partial charge in [0.25, 0.3) is 5.91 Å². The van der Waals surface area contributed by atoms with E-state index in [1.54, 1.807) is 6.92 Å². The third-order valence-electron chi connectivity index (χ3n) is 2.74. The fourth-order valence-corrected chi connectivity index (χ4v) is 1.73. The highest BCUT2D eigenvalue weighted by atomic mass is 16.5. The van der Waals surface area contributed by atoms with E-state index in [9.17, 15) is 4.79 Å². The summed E-state index contributed by atoms with van der Waals surface area (Å²) in [6.45, 7) is 2.97. The van der Waals surface area contributed by atoms with Gasteiger partial charge in [-0.05, 0) is 31.7 Å². The molecular formula is C12H17N3O2. The van der Waals surface area contributed by atoms with Gasteiger partial charge in [0.05, 0.1) is 5.69 Å². The second-order valence-corrected chi connectivity index (χ2v) is 4.28. The van der Waals surface area contributed by atoms with Crippen molar-refractivity contribution < 1.29 is 9.53 Å². The maximum absolute atomic E-state index is 11.5. The fraction of sp³-hybridized carbons (Fsp3) is 0.417. The molecule has 5 nitrogen and oxygen atoms in total. The van der Waals surface area contributed by atoms with Gasteiger partial charge in [0.2, 0.25) is 0 Å². The standard InChI is InChI=1S/C12H17N3O2/c1-8-12(16)14-10-5-9(6-15(2)7-13)3-4-11(10)17-8/h3-5,8H,6-7,13H2,1-2H3,(H,14,16). The minimum absolute atomic E-state index is 0.109. The molecular weight excluding hydrogens is 218 g/mol. The minimum atomic E-state index is -0.430. The van der Waals surface area contributed by atoms with Gasteiger partial charge in [0, 0.05) is 13.2 Å². The van der Waals surface area contributed by atoms with Crippen molar-refractivity contribution in [2.24, 2.45) is 5.73 Å². The van der Waals surface area contributed by atoms with Gasteiger partial charge in [-0.15, -0.1) is 0 Å². The van der Waals surface area contributed by atoms with E-state index in [4.69, 9.17) is 10.5 Å². The van der Waals surface area contributed by atoms with Gasteiger partial charge < -0.3 is 15.8 Å². The Morgan fingerprint density at radius 2 is 2.29 bits per heavy atom. The molecule has 0 saturated heterocycles. The normalized spacial score (nSPS) is 18.6. The number of ether oxygens (including phenoxy) is 1. The zero-order valence-electron chi connectivity index (χ0n) is 10.1. The highest BCUT2D eigenvalue weighted by Gasteiger charge is 2.23. The van der Waals surface area contributed by atoms with Gasteiger partial charge >= 0.3 is 0 Å². The summed E-state index contributed by atoms with van der Waals surface area (Å²) in [5.41, 5.74) is 7.35. The van der Waals surface area contributed by atoms with E-state index in [2.05, 4.69) is 5.32 Å². The maximum Gasteiger partial charge on any atom is 0.265 e. The number of carbonyl (C=O) groups is 1. The third kappa shape index (κ3) is 2.57. The third-order valence-corrected chi connectivity index (χ3v) is 2.74. The van der Waals surface area contributed by atoms with Gasteiger partial charge in [0.1, 0.15) is 5.75 Å². The molecule has 1 aromatic rings. The summed E-state index contributed by atoms with van der Waals surface area (Å²) in [6, 6.07) is 5.78. The fourth-order valence-electron chi connectivity index (χ4n) is 1.73. The number of benzene rings is 1. The molecule has 0 spiro atoms. The second-order valence-electron chi connectivity index (χ2n) is 4.28. The molecule has 1 aliphatic heterocycles. The van der Waals surface area contributed by atoms with Crippen molar-refractivity contribution >= 4 is 11.6 Å². The van der Waals surface area contributed by atoms with Gasteiger partial charge in [-0.1, -0.05) is 6.07 Å². The van der Waals surface area contributed by atoms with E-state index < -0.39 is 6.10 Å². The highest BCUT2D eigenvalue weighted by Crippen LogP contribution is 2.30. The summed E-state index contributed by atoms with van der Waals surface area (Å²) in [4.78, 5) is 13.5. The predicted octanol–water partition coefficient (Wildman–Crippen LogP) is 0.754. The van der Waals surface area contributed by atoms with Crippen LogP contribution < -0.4 is 15.8 Å². The summed E-state index contributed by atoms with van der Waals surface area (Å²) < 4.78 is 5.48. The number of nitrogens with one attached hydrogen (secondary N) is 1. The number of fused-ring (bicyclic) bond motifs is 1. The Morgan fingerprint density at radius 3 is 3.00 bits per heavy atom. The number of nitrogens with two attached hydrogens (primary N) is 1. The van der Waals surface area contributed by atoms with Crippen LogP contribution in [0.3, 0.4) is 0 Å². The SMILES string of the molecule is CC1Oc2ccc(CN(C)CN)cc2NC1=O. The number of amides is 1. The quantitative estimate of drug-likeness (QED) is 0.759. The Morgan fingerprint density at radius 1 is 1.53 bits per heavy atom. The van der Waals surface area contributed by atoms with Crippen LogP contribution in [-0.2, 0) is 11.3 Å². The molecule has 17 heavy (non-hydrogen) atoms. The molecule has 0 saturated carbocycles. The summed E-state index contributed by atoms with van der Waals surface area (Å²) in [5, 5.41) is 2.83. The monoisotopic (exact) mass is 235 g/mol. The Labute approximate surface area is 101 Å². The van der Waals surface area contributed by atoms with E-state index in [0.717, 1.165) is 23.5 Å². The van der Waals surface area contributed by atoms with Crippen molar-refractivity contribution in [2.75, 3.05) is 19.0 Å². The number of anilines is 1. The van der Waals surface area contributed by atoms with Gasteiger partial charge in [-0.3, -0.25) is 9.69 Å². The lowest BCUT2D eigenvalue weighted by Crippen LogP contribution is -2.34. The van der Waals surface area contributed by atoms with E-state index >= 15 is 0 Å². The van der Waals surface area contributed by atoms with Crippen molar-refractivity contribution in [2.45, 2.75) is 19.6 Å². The molecule has 1 amide bonds. The molecule has 1 unspecified atom stereocenters. The van der Waals surface area contributed by atoms with Crippen LogP contribution in [0.1, 0.15) is 12.5 Å². The molecule has 1 atom stereocenters. The van der Waals surface area contributed by atoms with Crippen molar-refractivity contribution in [1.29, 1.82) is 0 Å². The van der Waals surface area contributed by atoms with Crippen LogP contribution >= 0.6 is 0 Å². The second kappa shape index (κ2) is 4.73. The summed E-state index contributed by atoms with van der Waals surface area (Å²) in [5.74, 6) is 0.609. The number of hydrogen-bond donors (Lipinski definition) is 2. The van der Waals surface area contributed by atoms with Crippen LogP contribution in [0.15, 0.2) is 18.2 Å². The van der Waals surface area contributed by atoms with E-state index in [1.807, 2.05) is 30.1 Å². The first-order valence-corrected chi connectivity index (χ1v) is 5.59. The first-order chi connectivity index (χ1) is 8.10. The molecule has 0 fully saturated rings. The zero-order chi connectivity index (χ0) is 12.4. The number of carbonyl (C=O) groups excluding carboxylic acids is 1. The van der Waals surface area contributed by atoms with Crippen LogP contribution in [0, 0.1) is 0 Å². The zero-order valence-corrected chi connectivity index (χ0v) is 10.1. The highest BCUT2D eigenvalue weighted by molar-refractivity contribution is 5.97. The summed E-state index contributed by atoms with van der Waals surface area (Å²) in [6.07, 6.45) is -0.430. The van der Waals surface area contributed by atoms with Crippen LogP contribution in [0.25, 0.3) is 0 Å². The molecule has 5 heteroatoms. The summed E-state index contributed by atoms with van der Waals surface area (Å²) >= 11 is 0. The lowest BCUT2D eigenvalue weighted by molar-refractivity contribution is -0.122. The van der Waals surface area contributed by atoms with E-state index in [-0.39, 0.29) is 5.91 Å². The van der Waals surface area contributed by atoms with Gasteiger partial charge in [0.15, 0.2) is 6.10 Å². The lowest BCUT2D eigenvalue weighted by atomic mass is 10.1. The van der Waals surface area contributed by atoms with Crippen LogP contribution in [0.5, 0.6) is 5.75 Å². The van der Waals surface area contributed by atoms with E-state index in [1.165, 1.54) is 0 Å². The number of hydrogen-bond acceptors (Lipinski definition) is 4. The maximum atomic E-state index is 11.5. The first-order valence-electron chi connectivity index (χ1n) is 5.59. The molecule has 1 aliphatic rings. The smallest absolute Gasteiger partial charge is 0.265 e. The molecule has 92 valence electrons. The molecule has 0 bridgehead atoms. The van der Waals surface area contributed by atoms with Crippen LogP contribution in [-0.4, -0.2) is 30.6 Å². The minimum Gasteiger partial charge on any atom is -0.479 e. The molecule has 1 heterocycles. The Balaban J connectivity index is 2.19. The Bertz CT molecular complexity index is 434. The summed E-state index contributed by atoms with van der Waals surface area (Å²) in [7, 11) is 1.94. The van der Waals surface area contributed by atoms with Crippen molar-refractivity contribution in [1.82, 2.24) is 4.90 Å². The molecule has 0 aromatic heterocycles. The van der Waals surface area contributed by atoms with Crippen LogP contribution in [0.2, 0.25) is 0 Å². The van der Waals surface area contributed by atoms with Crippen molar-refractivity contribution in [3.63, 3.8) is 0 Å². The Hall–Kier alpha value is -1.59. The molecule has 3 N–H and O–H groups in total. The largest absolute Gasteiger partial charge is 0.479 e. The predicted molar refractivity (Wildman–Crippen MR) is 65.7 cm³/mol. The number of nitrogens with zero attached hydrogens (tertiary/aromatic N) is 1. The molecule has 1 aromatic carbocycles. The molecule has 0 aliphatic carbocycles. The van der Waals surface area contributed by atoms with Gasteiger partial charge in [-0.25, -0.2) is 0 Å². The van der Waals surface area contributed by atoms with Crippen LogP contribution in [0.4, 0.5) is 5.69 Å². The average Bonchev–Trinajstić information content (AvgIpc) is 2.31. The van der Waals surface area contributed by atoms with Gasteiger partial charge in [-0.2, -0.15) is 0 Å². The van der Waals surface area contributed by atoms with Crippen molar-refractivity contribution in [3.8, 4) is 5.75 Å². The first kappa shape index (κ1) is 11.9. The van der Waals surface area contributed by atoms with Crippen molar-refractivity contribution in [3.05, 3.63) is 23.8 Å².